The molecule has 1 aromatic carbocycles. The lowest BCUT2D eigenvalue weighted by molar-refractivity contribution is -0.0348. The van der Waals surface area contributed by atoms with E-state index in [1.165, 1.54) is 6.20 Å². The molecule has 0 amide bonds. The molecule has 0 spiro atoms. The molecule has 0 aliphatic heterocycles. The summed E-state index contributed by atoms with van der Waals surface area (Å²) in [5.74, 6) is 0.523. The quantitative estimate of drug-likeness (QED) is 0.562. The van der Waals surface area contributed by atoms with Crippen LogP contribution in [0.25, 0.3) is 22.4 Å². The Balaban J connectivity index is 1.33. The van der Waals surface area contributed by atoms with Crippen LogP contribution >= 0.6 is 0 Å². The molecule has 2 bridgehead atoms. The summed E-state index contributed by atoms with van der Waals surface area (Å²) in [5.41, 5.74) is 1.92. The number of halogens is 1. The fourth-order valence-electron chi connectivity index (χ4n) is 5.00. The molecule has 2 aliphatic rings. The predicted octanol–water partition coefficient (Wildman–Crippen LogP) is 4.78. The number of alkyl halides is 1. The highest BCUT2D eigenvalue weighted by atomic mass is 19.1. The molecule has 33 heavy (non-hydrogen) atoms. The van der Waals surface area contributed by atoms with E-state index in [9.17, 15) is 5.11 Å². The van der Waals surface area contributed by atoms with Crippen LogP contribution in [0.5, 0.6) is 17.6 Å². The number of hydrogen-bond acceptors (Lipinski definition) is 7. The summed E-state index contributed by atoms with van der Waals surface area (Å²) in [5, 5.41) is 18.8. The van der Waals surface area contributed by atoms with Crippen LogP contribution in [0.15, 0.2) is 54.9 Å². The number of pyridine rings is 1. The first-order chi connectivity index (χ1) is 15.8. The van der Waals surface area contributed by atoms with Crippen LogP contribution in [0.4, 0.5) is 4.39 Å². The summed E-state index contributed by atoms with van der Waals surface area (Å²) in [6.07, 6.45) is 6.74. The van der Waals surface area contributed by atoms with Gasteiger partial charge in [-0.05, 0) is 47.6 Å². The highest BCUT2D eigenvalue weighted by Gasteiger charge is 2.53. The molecule has 1 N–H and O–H groups in total. The number of ether oxygens (including phenoxy) is 2. The summed E-state index contributed by atoms with van der Waals surface area (Å²) in [7, 11) is 1.55. The maximum absolute atomic E-state index is 15.1. The van der Waals surface area contributed by atoms with E-state index in [1.54, 1.807) is 31.5 Å². The highest BCUT2D eigenvalue weighted by Crippen LogP contribution is 2.55. The van der Waals surface area contributed by atoms with Crippen LogP contribution in [-0.4, -0.2) is 44.7 Å². The van der Waals surface area contributed by atoms with Gasteiger partial charge in [0.2, 0.25) is 5.88 Å². The van der Waals surface area contributed by atoms with Crippen molar-refractivity contribution in [3.05, 3.63) is 54.9 Å². The van der Waals surface area contributed by atoms with E-state index in [1.807, 2.05) is 25.1 Å². The average molecular weight is 448 g/mol. The van der Waals surface area contributed by atoms with E-state index in [0.717, 1.165) is 17.5 Å². The Kier molecular flexibility index (Phi) is 5.03. The number of aromatic nitrogens is 4. The Labute approximate surface area is 191 Å². The summed E-state index contributed by atoms with van der Waals surface area (Å²) in [4.78, 5) is 8.32. The minimum Gasteiger partial charge on any atom is -0.507 e. The van der Waals surface area contributed by atoms with Gasteiger partial charge in [0.05, 0.1) is 13.3 Å². The number of nitrogens with zero attached hydrogens (tertiary/aromatic N) is 4. The monoisotopic (exact) mass is 448 g/mol. The summed E-state index contributed by atoms with van der Waals surface area (Å²) in [6.45, 7) is 4.04. The van der Waals surface area contributed by atoms with Gasteiger partial charge in [-0.15, -0.1) is 5.10 Å². The van der Waals surface area contributed by atoms with Crippen molar-refractivity contribution in [2.75, 3.05) is 7.11 Å². The fraction of sp³-hybridized carbons (Fsp3) is 0.360. The van der Waals surface area contributed by atoms with Crippen molar-refractivity contribution in [1.82, 2.24) is 20.2 Å². The molecule has 1 saturated carbocycles. The zero-order valence-electron chi connectivity index (χ0n) is 18.7. The van der Waals surface area contributed by atoms with Crippen LogP contribution in [0.3, 0.4) is 0 Å². The van der Waals surface area contributed by atoms with Crippen molar-refractivity contribution in [3.8, 4) is 40.0 Å². The molecule has 2 heterocycles. The molecule has 2 aliphatic carbocycles. The van der Waals surface area contributed by atoms with E-state index in [4.69, 9.17) is 9.47 Å². The Bertz CT molecular complexity index is 1220. The third-order valence-corrected chi connectivity index (χ3v) is 6.62. The lowest BCUT2D eigenvalue weighted by Gasteiger charge is -2.42. The number of rotatable bonds is 5. The topological polar surface area (TPSA) is 90.2 Å². The molecule has 7 nitrogen and oxygen atoms in total. The van der Waals surface area contributed by atoms with E-state index in [2.05, 4.69) is 33.2 Å². The zero-order valence-corrected chi connectivity index (χ0v) is 18.7. The lowest BCUT2D eigenvalue weighted by Crippen LogP contribution is -2.47. The summed E-state index contributed by atoms with van der Waals surface area (Å²) >= 11 is 0. The van der Waals surface area contributed by atoms with Crippen molar-refractivity contribution >= 4 is 0 Å². The molecular weight excluding hydrogens is 423 g/mol. The first-order valence-corrected chi connectivity index (χ1v) is 10.8. The maximum Gasteiger partial charge on any atom is 0.336 e. The molecular formula is C25H25FN4O3. The largest absolute Gasteiger partial charge is 0.507 e. The molecule has 5 rings (SSSR count). The fourth-order valence-corrected chi connectivity index (χ4v) is 5.00. The third kappa shape index (κ3) is 3.90. The van der Waals surface area contributed by atoms with Gasteiger partial charge in [-0.3, -0.25) is 0 Å². The van der Waals surface area contributed by atoms with Crippen molar-refractivity contribution in [3.63, 3.8) is 0 Å². The number of hydrogen-bond donors (Lipinski definition) is 1. The first kappa shape index (κ1) is 21.3. The van der Waals surface area contributed by atoms with Crippen molar-refractivity contribution in [2.45, 2.75) is 39.0 Å². The number of methoxy groups -OCH3 is 1. The van der Waals surface area contributed by atoms with E-state index in [-0.39, 0.29) is 17.2 Å². The van der Waals surface area contributed by atoms with E-state index in [0.29, 0.717) is 23.6 Å². The third-order valence-electron chi connectivity index (χ3n) is 6.62. The van der Waals surface area contributed by atoms with Crippen molar-refractivity contribution in [2.24, 2.45) is 10.8 Å². The highest BCUT2D eigenvalue weighted by molar-refractivity contribution is 5.74. The van der Waals surface area contributed by atoms with Gasteiger partial charge in [0.1, 0.15) is 23.7 Å². The zero-order chi connectivity index (χ0) is 23.2. The maximum atomic E-state index is 15.1. The summed E-state index contributed by atoms with van der Waals surface area (Å²) < 4.78 is 26.1. The molecule has 0 saturated heterocycles. The molecule has 8 heteroatoms. The van der Waals surface area contributed by atoms with Gasteiger partial charge in [-0.1, -0.05) is 37.2 Å². The number of phenols is 1. The number of aromatic hydroxyl groups is 1. The van der Waals surface area contributed by atoms with Crippen LogP contribution < -0.4 is 9.47 Å². The molecule has 0 radical (unpaired) electrons. The number of phenolic OH excluding ortho intramolecular Hbond substituents is 1. The van der Waals surface area contributed by atoms with Gasteiger partial charge in [0.25, 0.3) is 0 Å². The smallest absolute Gasteiger partial charge is 0.336 e. The number of fused-ring (bicyclic) bond motifs is 2. The molecule has 2 aromatic heterocycles. The van der Waals surface area contributed by atoms with Crippen LogP contribution in [0.1, 0.15) is 26.7 Å². The second-order valence-electron chi connectivity index (χ2n) is 9.38. The Hall–Kier alpha value is -3.55. The van der Waals surface area contributed by atoms with Crippen LogP contribution in [0, 0.1) is 10.8 Å². The van der Waals surface area contributed by atoms with Gasteiger partial charge in [-0.25, -0.2) is 14.4 Å². The Morgan fingerprint density at radius 1 is 1.06 bits per heavy atom. The predicted molar refractivity (Wildman–Crippen MR) is 121 cm³/mol. The second kappa shape index (κ2) is 7.79. The molecule has 170 valence electrons. The molecule has 1 fully saturated rings. The van der Waals surface area contributed by atoms with Gasteiger partial charge in [0, 0.05) is 23.2 Å². The van der Waals surface area contributed by atoms with Gasteiger partial charge in [0.15, 0.2) is 0 Å². The van der Waals surface area contributed by atoms with Crippen molar-refractivity contribution < 1.29 is 19.0 Å². The van der Waals surface area contributed by atoms with Crippen LogP contribution in [0.2, 0.25) is 0 Å². The SMILES string of the molecule is COc1cc(-c2ccc(-c3cnc(O[C@@H]4C[C@@]5(C)C=C[C@](C)(C5)[C@@H]4F)nn3)c(O)c2)ccn1. The van der Waals surface area contributed by atoms with Gasteiger partial charge in [-0.2, -0.15) is 0 Å². The van der Waals surface area contributed by atoms with E-state index >= 15 is 4.39 Å². The standard InChI is InChI=1S/C25H25FN4O3/c1-24-7-8-25(2,14-24)22(26)20(12-24)33-23-28-13-18(29-30-23)17-5-4-15(10-19(17)31)16-6-9-27-21(11-16)32-3/h4-11,13,20,22,31H,12,14H2,1-3H3/t20-,22-,24-,25-/m1/s1. The minimum absolute atomic E-state index is 0.0277. The molecule has 0 unspecified atom stereocenters. The normalized spacial score (nSPS) is 28.0. The summed E-state index contributed by atoms with van der Waals surface area (Å²) in [6, 6.07) is 8.88. The Morgan fingerprint density at radius 3 is 2.61 bits per heavy atom. The molecule has 4 atom stereocenters. The van der Waals surface area contributed by atoms with Crippen molar-refractivity contribution in [1.29, 1.82) is 0 Å². The second-order valence-corrected chi connectivity index (χ2v) is 9.38. The number of benzene rings is 1. The number of allylic oxidation sites excluding steroid dienone is 2. The average Bonchev–Trinajstić information content (AvgIpc) is 3.09. The minimum atomic E-state index is -1.14. The first-order valence-electron chi connectivity index (χ1n) is 10.8. The lowest BCUT2D eigenvalue weighted by atomic mass is 9.67. The Morgan fingerprint density at radius 2 is 1.88 bits per heavy atom. The molecule has 3 aromatic rings. The van der Waals surface area contributed by atoms with E-state index < -0.39 is 17.7 Å². The van der Waals surface area contributed by atoms with Gasteiger partial charge >= 0.3 is 6.01 Å². The van der Waals surface area contributed by atoms with Crippen LogP contribution in [-0.2, 0) is 0 Å². The van der Waals surface area contributed by atoms with Gasteiger partial charge < -0.3 is 14.6 Å².